The van der Waals surface area contributed by atoms with E-state index in [2.05, 4.69) is 10.1 Å². The van der Waals surface area contributed by atoms with E-state index in [9.17, 15) is 4.79 Å². The fourth-order valence-corrected chi connectivity index (χ4v) is 1.85. The Labute approximate surface area is 90.9 Å². The van der Waals surface area contributed by atoms with Crippen LogP contribution in [0.3, 0.4) is 0 Å². The van der Waals surface area contributed by atoms with Gasteiger partial charge in [0.2, 0.25) is 0 Å². The van der Waals surface area contributed by atoms with E-state index in [-0.39, 0.29) is 0 Å². The Bertz CT molecular complexity index is 545. The van der Waals surface area contributed by atoms with Gasteiger partial charge < -0.3 is 0 Å². The smallest absolute Gasteiger partial charge is 0.170 e. The molecule has 1 aliphatic carbocycles. The second-order valence-corrected chi connectivity index (χ2v) is 4.09. The Morgan fingerprint density at radius 3 is 2.93 bits per heavy atom. The van der Waals surface area contributed by atoms with Crippen LogP contribution in [-0.4, -0.2) is 20.9 Å². The lowest BCUT2D eigenvalue weighted by atomic mass is 10.2. The zero-order valence-electron chi connectivity index (χ0n) is 7.85. The fourth-order valence-electron chi connectivity index (χ4n) is 1.71. The van der Waals surface area contributed by atoms with Crippen molar-refractivity contribution in [2.45, 2.75) is 18.8 Å². The summed E-state index contributed by atoms with van der Waals surface area (Å²) in [5, 5.41) is 4.43. The van der Waals surface area contributed by atoms with Crippen molar-refractivity contribution in [3.8, 4) is 0 Å². The van der Waals surface area contributed by atoms with E-state index in [1.807, 2.05) is 0 Å². The van der Waals surface area contributed by atoms with Gasteiger partial charge in [-0.2, -0.15) is 5.10 Å². The molecule has 76 valence electrons. The van der Waals surface area contributed by atoms with Crippen molar-refractivity contribution in [2.75, 3.05) is 0 Å². The van der Waals surface area contributed by atoms with Crippen LogP contribution in [0.1, 0.15) is 34.9 Å². The van der Waals surface area contributed by atoms with E-state index in [0.717, 1.165) is 24.8 Å². The predicted molar refractivity (Wildman–Crippen MR) is 55.4 cm³/mol. The third-order valence-corrected chi connectivity index (χ3v) is 2.79. The molecule has 2 aromatic rings. The monoisotopic (exact) mass is 221 g/mol. The third kappa shape index (κ3) is 1.33. The molecule has 0 spiro atoms. The van der Waals surface area contributed by atoms with Crippen LogP contribution < -0.4 is 0 Å². The van der Waals surface area contributed by atoms with Crippen molar-refractivity contribution < 1.29 is 4.79 Å². The quantitative estimate of drug-likeness (QED) is 0.730. The van der Waals surface area contributed by atoms with Crippen LogP contribution in [0.25, 0.3) is 5.65 Å². The molecule has 2 heterocycles. The fraction of sp³-hybridized carbons (Fsp3) is 0.300. The van der Waals surface area contributed by atoms with Gasteiger partial charge in [-0.15, -0.1) is 0 Å². The summed E-state index contributed by atoms with van der Waals surface area (Å²) in [5.74, 6) is 0.436. The minimum atomic E-state index is 0.366. The molecule has 1 aliphatic rings. The van der Waals surface area contributed by atoms with Gasteiger partial charge in [0.1, 0.15) is 10.8 Å². The molecule has 0 saturated heterocycles. The highest BCUT2D eigenvalue weighted by molar-refractivity contribution is 6.29. The minimum Gasteiger partial charge on any atom is -0.296 e. The van der Waals surface area contributed by atoms with Crippen molar-refractivity contribution in [3.05, 3.63) is 28.7 Å². The van der Waals surface area contributed by atoms with Gasteiger partial charge in [-0.1, -0.05) is 11.6 Å². The predicted octanol–water partition coefficient (Wildman–Crippen LogP) is 2.07. The number of aldehydes is 1. The van der Waals surface area contributed by atoms with E-state index in [1.165, 1.54) is 4.52 Å². The van der Waals surface area contributed by atoms with Crippen LogP contribution in [0, 0.1) is 0 Å². The number of nitrogens with zero attached hydrogens (tertiary/aromatic N) is 3. The molecule has 0 N–H and O–H groups in total. The summed E-state index contributed by atoms with van der Waals surface area (Å²) in [5.41, 5.74) is 2.08. The number of carbonyl (C=O) groups is 1. The number of rotatable bonds is 2. The summed E-state index contributed by atoms with van der Waals surface area (Å²) >= 11 is 5.78. The maximum absolute atomic E-state index is 11.0. The number of hydrogen-bond acceptors (Lipinski definition) is 3. The Morgan fingerprint density at radius 1 is 1.47 bits per heavy atom. The number of imidazole rings is 1. The first-order valence-corrected chi connectivity index (χ1v) is 5.18. The van der Waals surface area contributed by atoms with Gasteiger partial charge in [-0.05, 0) is 25.0 Å². The first-order chi connectivity index (χ1) is 7.29. The molecule has 0 atom stereocenters. The normalized spacial score (nSPS) is 15.8. The Hall–Kier alpha value is -1.42. The van der Waals surface area contributed by atoms with Gasteiger partial charge in [0, 0.05) is 5.92 Å². The van der Waals surface area contributed by atoms with E-state index in [0.29, 0.717) is 22.4 Å². The van der Waals surface area contributed by atoms with Crippen molar-refractivity contribution in [1.29, 1.82) is 0 Å². The van der Waals surface area contributed by atoms with Crippen molar-refractivity contribution in [3.63, 3.8) is 0 Å². The van der Waals surface area contributed by atoms with E-state index in [1.54, 1.807) is 12.1 Å². The van der Waals surface area contributed by atoms with Gasteiger partial charge in [0.05, 0.1) is 5.69 Å². The third-order valence-electron chi connectivity index (χ3n) is 2.58. The zero-order valence-corrected chi connectivity index (χ0v) is 8.61. The molecule has 0 aromatic carbocycles. The van der Waals surface area contributed by atoms with Gasteiger partial charge >= 0.3 is 0 Å². The van der Waals surface area contributed by atoms with Gasteiger partial charge in [0.25, 0.3) is 0 Å². The molecule has 3 rings (SSSR count). The number of hydrogen-bond donors (Lipinski definition) is 0. The van der Waals surface area contributed by atoms with Gasteiger partial charge in [0.15, 0.2) is 11.9 Å². The molecule has 2 aromatic heterocycles. The average Bonchev–Trinajstić information content (AvgIpc) is 3.00. The summed E-state index contributed by atoms with van der Waals surface area (Å²) in [4.78, 5) is 15.4. The van der Waals surface area contributed by atoms with Crippen LogP contribution in [0.2, 0.25) is 5.15 Å². The van der Waals surface area contributed by atoms with Crippen LogP contribution in [-0.2, 0) is 0 Å². The standard InChI is InChI=1S/C10H8ClN3O/c11-8-3-4-9-12-10(6-1-2-6)7(5-15)14(9)13-8/h3-6H,1-2H2. The summed E-state index contributed by atoms with van der Waals surface area (Å²) in [7, 11) is 0. The van der Waals surface area contributed by atoms with Gasteiger partial charge in [-0.3, -0.25) is 4.79 Å². The first-order valence-electron chi connectivity index (χ1n) is 4.80. The molecule has 1 fully saturated rings. The molecule has 0 radical (unpaired) electrons. The Kier molecular flexibility index (Phi) is 1.79. The molecule has 1 saturated carbocycles. The Morgan fingerprint density at radius 2 is 2.27 bits per heavy atom. The number of aromatic nitrogens is 3. The second kappa shape index (κ2) is 3.03. The summed E-state index contributed by atoms with van der Waals surface area (Å²) in [6.45, 7) is 0. The maximum Gasteiger partial charge on any atom is 0.170 e. The highest BCUT2D eigenvalue weighted by atomic mass is 35.5. The maximum atomic E-state index is 11.0. The van der Waals surface area contributed by atoms with Crippen LogP contribution in [0.4, 0.5) is 0 Å². The van der Waals surface area contributed by atoms with E-state index < -0.39 is 0 Å². The second-order valence-electron chi connectivity index (χ2n) is 3.70. The van der Waals surface area contributed by atoms with Gasteiger partial charge in [-0.25, -0.2) is 9.50 Å². The number of carbonyl (C=O) groups excluding carboxylic acids is 1. The van der Waals surface area contributed by atoms with Crippen LogP contribution >= 0.6 is 11.6 Å². The topological polar surface area (TPSA) is 47.3 Å². The lowest BCUT2D eigenvalue weighted by Gasteiger charge is -1.94. The molecular formula is C10H8ClN3O. The molecule has 4 nitrogen and oxygen atoms in total. The van der Waals surface area contributed by atoms with E-state index >= 15 is 0 Å². The van der Waals surface area contributed by atoms with Crippen molar-refractivity contribution in [2.24, 2.45) is 0 Å². The number of fused-ring (bicyclic) bond motifs is 1. The highest BCUT2D eigenvalue weighted by Crippen LogP contribution is 2.40. The molecular weight excluding hydrogens is 214 g/mol. The molecule has 0 aliphatic heterocycles. The summed E-state index contributed by atoms with van der Waals surface area (Å²) < 4.78 is 1.52. The zero-order chi connectivity index (χ0) is 10.4. The largest absolute Gasteiger partial charge is 0.296 e. The number of halogens is 1. The minimum absolute atomic E-state index is 0.366. The molecule has 0 unspecified atom stereocenters. The van der Waals surface area contributed by atoms with Crippen LogP contribution in [0.15, 0.2) is 12.1 Å². The summed E-state index contributed by atoms with van der Waals surface area (Å²) in [6.07, 6.45) is 3.02. The summed E-state index contributed by atoms with van der Waals surface area (Å²) in [6, 6.07) is 3.45. The molecule has 0 bridgehead atoms. The Balaban J connectivity index is 2.32. The molecule has 0 amide bonds. The first kappa shape index (κ1) is 8.85. The van der Waals surface area contributed by atoms with Crippen molar-refractivity contribution >= 4 is 23.5 Å². The lowest BCUT2D eigenvalue weighted by molar-refractivity contribution is 0.111. The molecule has 5 heteroatoms. The SMILES string of the molecule is O=Cc1c(C2CC2)nc2ccc(Cl)nn12. The van der Waals surface area contributed by atoms with E-state index in [4.69, 9.17) is 11.6 Å². The average molecular weight is 222 g/mol. The lowest BCUT2D eigenvalue weighted by Crippen LogP contribution is -1.97. The molecule has 15 heavy (non-hydrogen) atoms. The van der Waals surface area contributed by atoms with Crippen molar-refractivity contribution in [1.82, 2.24) is 14.6 Å². The van der Waals surface area contributed by atoms with Crippen LogP contribution in [0.5, 0.6) is 0 Å². The highest BCUT2D eigenvalue weighted by Gasteiger charge is 2.30.